The topological polar surface area (TPSA) is 95.0 Å². The summed E-state index contributed by atoms with van der Waals surface area (Å²) in [5.41, 5.74) is -2.26. The summed E-state index contributed by atoms with van der Waals surface area (Å²) >= 11 is 7.17. The highest BCUT2D eigenvalue weighted by Gasteiger charge is 2.36. The Labute approximate surface area is 192 Å². The van der Waals surface area contributed by atoms with E-state index in [1.54, 1.807) is 69.2 Å². The van der Waals surface area contributed by atoms with E-state index < -0.39 is 35.0 Å². The number of imide groups is 1. The maximum atomic E-state index is 12.8. The average Bonchev–Trinajstić information content (AvgIpc) is 2.83. The third kappa shape index (κ3) is 8.49. The summed E-state index contributed by atoms with van der Waals surface area (Å²) in [7, 11) is 0. The van der Waals surface area contributed by atoms with Crippen LogP contribution in [0.4, 0.5) is 14.7 Å². The molecule has 2 amide bonds. The number of hydrogen-bond donors (Lipinski definition) is 0. The first-order valence-corrected chi connectivity index (χ1v) is 10.9. The molecule has 0 N–H and O–H groups in total. The molecule has 0 atom stereocenters. The third-order valence-electron chi connectivity index (χ3n) is 3.08. The van der Waals surface area contributed by atoms with E-state index in [0.717, 1.165) is 11.3 Å². The fraction of sp³-hybridized carbons (Fsp3) is 0.619. The van der Waals surface area contributed by atoms with Crippen LogP contribution in [0, 0.1) is 0 Å². The number of halogens is 1. The van der Waals surface area contributed by atoms with Crippen molar-refractivity contribution in [2.45, 2.75) is 86.0 Å². The lowest BCUT2D eigenvalue weighted by atomic mass is 10.1. The minimum Gasteiger partial charge on any atom is -0.456 e. The van der Waals surface area contributed by atoms with Crippen molar-refractivity contribution < 1.29 is 28.6 Å². The SMILES string of the molecule is CC=C(C(=O)OC(C)(C)C)c1nc(N(C(=O)OC(C)(C)C)C(=O)OC(C)(C)C)sc1Cl. The van der Waals surface area contributed by atoms with Crippen LogP contribution < -0.4 is 4.90 Å². The first-order valence-electron chi connectivity index (χ1n) is 9.67. The monoisotopic (exact) mass is 474 g/mol. The van der Waals surface area contributed by atoms with Gasteiger partial charge in [-0.2, -0.15) is 4.90 Å². The number of thiazole rings is 1. The van der Waals surface area contributed by atoms with E-state index in [1.165, 1.54) is 6.08 Å². The summed E-state index contributed by atoms with van der Waals surface area (Å²) < 4.78 is 16.2. The van der Waals surface area contributed by atoms with Crippen molar-refractivity contribution in [2.24, 2.45) is 0 Å². The van der Waals surface area contributed by atoms with Gasteiger partial charge in [0.15, 0.2) is 0 Å². The Kier molecular flexibility index (Phi) is 8.30. The molecule has 0 unspecified atom stereocenters. The van der Waals surface area contributed by atoms with Crippen molar-refractivity contribution in [2.75, 3.05) is 4.90 Å². The van der Waals surface area contributed by atoms with Gasteiger partial charge < -0.3 is 14.2 Å². The Hall–Kier alpha value is -2.13. The molecule has 0 aliphatic carbocycles. The van der Waals surface area contributed by atoms with Gasteiger partial charge in [-0.15, -0.1) is 0 Å². The second-order valence-electron chi connectivity index (χ2n) is 9.62. The standard InChI is InChI=1S/C21H31ClN2O6S/c1-11-12(15(25)28-19(2,3)4)13-14(22)31-16(23-13)24(17(26)29-20(5,6)7)18(27)30-21(8,9)10/h11H,1-10H3. The Morgan fingerprint density at radius 3 is 1.65 bits per heavy atom. The molecule has 1 aromatic rings. The predicted octanol–water partition coefficient (Wildman–Crippen LogP) is 6.22. The number of nitrogens with zero attached hydrogens (tertiary/aromatic N) is 2. The van der Waals surface area contributed by atoms with Gasteiger partial charge >= 0.3 is 18.2 Å². The molecular formula is C21H31ClN2O6S. The Bertz CT molecular complexity index is 844. The van der Waals surface area contributed by atoms with Crippen molar-refractivity contribution >= 4 is 51.8 Å². The largest absolute Gasteiger partial charge is 0.456 e. The van der Waals surface area contributed by atoms with Crippen molar-refractivity contribution in [1.82, 2.24) is 4.98 Å². The van der Waals surface area contributed by atoms with E-state index in [2.05, 4.69) is 4.98 Å². The summed E-state index contributed by atoms with van der Waals surface area (Å²) in [5.74, 6) is -0.630. The molecular weight excluding hydrogens is 444 g/mol. The van der Waals surface area contributed by atoms with E-state index in [0.29, 0.717) is 4.90 Å². The highest BCUT2D eigenvalue weighted by atomic mass is 35.5. The van der Waals surface area contributed by atoms with Gasteiger partial charge in [-0.05, 0) is 69.2 Å². The maximum absolute atomic E-state index is 12.8. The average molecular weight is 475 g/mol. The van der Waals surface area contributed by atoms with Gasteiger partial charge in [-0.25, -0.2) is 19.4 Å². The normalized spacial score (nSPS) is 12.9. The fourth-order valence-corrected chi connectivity index (χ4v) is 3.22. The first-order chi connectivity index (χ1) is 13.8. The van der Waals surface area contributed by atoms with Crippen LogP contribution in [0.25, 0.3) is 5.57 Å². The van der Waals surface area contributed by atoms with Gasteiger partial charge in [-0.3, -0.25) is 0 Å². The van der Waals surface area contributed by atoms with E-state index in [9.17, 15) is 14.4 Å². The summed E-state index contributed by atoms with van der Waals surface area (Å²) in [5, 5.41) is -0.0913. The first kappa shape index (κ1) is 26.9. The van der Waals surface area contributed by atoms with Crippen LogP contribution in [0.2, 0.25) is 4.34 Å². The molecule has 1 rings (SSSR count). The van der Waals surface area contributed by atoms with Crippen molar-refractivity contribution in [3.8, 4) is 0 Å². The summed E-state index contributed by atoms with van der Waals surface area (Å²) in [6, 6.07) is 0. The Balaban J connectivity index is 3.43. The highest BCUT2D eigenvalue weighted by Crippen LogP contribution is 2.36. The summed E-state index contributed by atoms with van der Waals surface area (Å²) in [4.78, 5) is 43.1. The number of carbonyl (C=O) groups is 3. The number of amides is 2. The number of anilines is 1. The number of esters is 1. The summed E-state index contributed by atoms with van der Waals surface area (Å²) in [6.45, 7) is 16.8. The molecule has 0 saturated carbocycles. The minimum absolute atomic E-state index is 0.0913. The number of rotatable bonds is 3. The maximum Gasteiger partial charge on any atom is 0.426 e. The predicted molar refractivity (Wildman–Crippen MR) is 122 cm³/mol. The second-order valence-corrected chi connectivity index (χ2v) is 11.2. The molecule has 174 valence electrons. The van der Waals surface area contributed by atoms with Crippen molar-refractivity contribution in [3.63, 3.8) is 0 Å². The molecule has 10 heteroatoms. The molecule has 0 aliphatic heterocycles. The molecule has 0 saturated heterocycles. The smallest absolute Gasteiger partial charge is 0.426 e. The number of aromatic nitrogens is 1. The lowest BCUT2D eigenvalue weighted by molar-refractivity contribution is -0.147. The molecule has 31 heavy (non-hydrogen) atoms. The van der Waals surface area contributed by atoms with Gasteiger partial charge in [0.05, 0.1) is 5.57 Å². The van der Waals surface area contributed by atoms with Crippen LogP contribution in [0.1, 0.15) is 74.9 Å². The molecule has 1 heterocycles. The number of hydrogen-bond acceptors (Lipinski definition) is 8. The fourth-order valence-electron chi connectivity index (χ4n) is 2.08. The van der Waals surface area contributed by atoms with Crippen LogP contribution in [0.15, 0.2) is 6.08 Å². The highest BCUT2D eigenvalue weighted by molar-refractivity contribution is 7.20. The quantitative estimate of drug-likeness (QED) is 0.291. The van der Waals surface area contributed by atoms with E-state index in [1.807, 2.05) is 0 Å². The van der Waals surface area contributed by atoms with Crippen molar-refractivity contribution in [3.05, 3.63) is 16.1 Å². The lowest BCUT2D eigenvalue weighted by Gasteiger charge is -2.27. The molecule has 0 fully saturated rings. The zero-order valence-corrected chi connectivity index (χ0v) is 21.3. The number of carbonyl (C=O) groups excluding carboxylic acids is 3. The second kappa shape index (κ2) is 9.56. The van der Waals surface area contributed by atoms with Crippen LogP contribution in [0.3, 0.4) is 0 Å². The zero-order valence-electron chi connectivity index (χ0n) is 19.7. The van der Waals surface area contributed by atoms with E-state index in [4.69, 9.17) is 25.8 Å². The molecule has 0 spiro atoms. The number of ether oxygens (including phenoxy) is 3. The van der Waals surface area contributed by atoms with Gasteiger partial charge in [0.2, 0.25) is 5.13 Å². The van der Waals surface area contributed by atoms with Crippen LogP contribution in [-0.4, -0.2) is 39.9 Å². The third-order valence-corrected chi connectivity index (χ3v) is 4.32. The zero-order chi connectivity index (χ0) is 24.4. The molecule has 8 nitrogen and oxygen atoms in total. The van der Waals surface area contributed by atoms with Gasteiger partial charge in [0.25, 0.3) is 0 Å². The molecule has 0 aliphatic rings. The molecule has 0 bridgehead atoms. The van der Waals surface area contributed by atoms with E-state index >= 15 is 0 Å². The minimum atomic E-state index is -0.974. The Morgan fingerprint density at radius 1 is 0.871 bits per heavy atom. The van der Waals surface area contributed by atoms with Gasteiger partial charge in [0, 0.05) is 0 Å². The lowest BCUT2D eigenvalue weighted by Crippen LogP contribution is -2.43. The van der Waals surface area contributed by atoms with Crippen LogP contribution in [0.5, 0.6) is 0 Å². The van der Waals surface area contributed by atoms with Crippen molar-refractivity contribution in [1.29, 1.82) is 0 Å². The van der Waals surface area contributed by atoms with Gasteiger partial charge in [0.1, 0.15) is 26.8 Å². The van der Waals surface area contributed by atoms with Gasteiger partial charge in [-0.1, -0.05) is 29.0 Å². The molecule has 0 radical (unpaired) electrons. The Morgan fingerprint density at radius 2 is 1.29 bits per heavy atom. The summed E-state index contributed by atoms with van der Waals surface area (Å²) in [6.07, 6.45) is -0.444. The van der Waals surface area contributed by atoms with Crippen LogP contribution in [-0.2, 0) is 19.0 Å². The van der Waals surface area contributed by atoms with Crippen LogP contribution >= 0.6 is 22.9 Å². The number of allylic oxidation sites excluding steroid dienone is 1. The molecule has 1 aromatic heterocycles. The van der Waals surface area contributed by atoms with E-state index in [-0.39, 0.29) is 20.7 Å². The molecule has 0 aromatic carbocycles.